The summed E-state index contributed by atoms with van der Waals surface area (Å²) in [6.07, 6.45) is 4.66. The molecule has 3 heterocycles. The van der Waals surface area contributed by atoms with Gasteiger partial charge in [-0.05, 0) is 49.6 Å². The van der Waals surface area contributed by atoms with E-state index in [-0.39, 0.29) is 28.3 Å². The molecule has 4 aromatic rings. The molecule has 1 aliphatic heterocycles. The molecule has 1 aliphatic rings. The van der Waals surface area contributed by atoms with Crippen LogP contribution >= 0.6 is 0 Å². The molecule has 1 saturated heterocycles. The zero-order valence-corrected chi connectivity index (χ0v) is 20.3. The monoisotopic (exact) mass is 508 g/mol. The van der Waals surface area contributed by atoms with Crippen molar-refractivity contribution in [2.24, 2.45) is 0 Å². The first kappa shape index (κ1) is 24.6. The van der Waals surface area contributed by atoms with Gasteiger partial charge in [0.1, 0.15) is 11.6 Å². The fraction of sp³-hybridized carbons (Fsp3) is 0.308. The zero-order valence-electron chi connectivity index (χ0n) is 20.3. The van der Waals surface area contributed by atoms with E-state index in [0.717, 1.165) is 18.9 Å². The van der Waals surface area contributed by atoms with Crippen molar-refractivity contribution in [1.82, 2.24) is 25.3 Å². The number of hydrogen-bond donors (Lipinski definition) is 3. The molecule has 5 rings (SSSR count). The molecular formula is C26H26F2N6O3. The highest BCUT2D eigenvalue weighted by atomic mass is 19.1. The second-order valence-corrected chi connectivity index (χ2v) is 8.83. The third-order valence-electron chi connectivity index (χ3n) is 6.27. The Morgan fingerprint density at radius 1 is 1.16 bits per heavy atom. The van der Waals surface area contributed by atoms with Gasteiger partial charge in [0.25, 0.3) is 5.91 Å². The number of aromatic nitrogens is 4. The van der Waals surface area contributed by atoms with E-state index in [9.17, 15) is 13.6 Å². The molecule has 1 fully saturated rings. The van der Waals surface area contributed by atoms with Gasteiger partial charge >= 0.3 is 0 Å². The highest BCUT2D eigenvalue weighted by Gasteiger charge is 2.23. The largest absolute Gasteiger partial charge is 0.494 e. The van der Waals surface area contributed by atoms with E-state index in [0.29, 0.717) is 36.2 Å². The quantitative estimate of drug-likeness (QED) is 0.345. The first-order chi connectivity index (χ1) is 17.9. The smallest absolute Gasteiger partial charge is 0.252 e. The van der Waals surface area contributed by atoms with E-state index in [4.69, 9.17) is 9.47 Å². The van der Waals surface area contributed by atoms with Gasteiger partial charge in [0.05, 0.1) is 29.7 Å². The molecule has 3 N–H and O–H groups in total. The van der Waals surface area contributed by atoms with Crippen molar-refractivity contribution >= 4 is 22.8 Å². The molecule has 0 spiro atoms. The number of imidazole rings is 1. The van der Waals surface area contributed by atoms with Crippen molar-refractivity contribution in [1.29, 1.82) is 0 Å². The number of nitrogens with one attached hydrogen (secondary N) is 3. The van der Waals surface area contributed by atoms with Crippen LogP contribution in [0.1, 0.15) is 46.3 Å². The van der Waals surface area contributed by atoms with Crippen molar-refractivity contribution in [3.8, 4) is 5.75 Å². The van der Waals surface area contributed by atoms with Gasteiger partial charge in [0, 0.05) is 37.2 Å². The molecule has 11 heteroatoms. The van der Waals surface area contributed by atoms with Gasteiger partial charge in [0.2, 0.25) is 5.95 Å². The summed E-state index contributed by atoms with van der Waals surface area (Å²) >= 11 is 0. The Morgan fingerprint density at radius 2 is 1.97 bits per heavy atom. The fourth-order valence-electron chi connectivity index (χ4n) is 4.31. The van der Waals surface area contributed by atoms with Crippen molar-refractivity contribution in [3.63, 3.8) is 0 Å². The maximum atomic E-state index is 14.9. The van der Waals surface area contributed by atoms with Gasteiger partial charge in [-0.3, -0.25) is 4.79 Å². The third kappa shape index (κ3) is 5.36. The number of aryl methyl sites for hydroxylation is 1. The molecule has 2 aromatic carbocycles. The number of H-pyrrole nitrogens is 1. The Kier molecular flexibility index (Phi) is 6.95. The number of carbonyl (C=O) groups excluding carboxylic acids is 1. The lowest BCUT2D eigenvalue weighted by Crippen LogP contribution is -2.30. The van der Waals surface area contributed by atoms with Crippen LogP contribution in [0.25, 0.3) is 10.9 Å². The standard InChI is InChI=1S/C26H26F2N6O3/c1-14-29-13-22(31-14)24(15-3-4-23(36-2)20(28)9-15)34-25(35)16-10-19(27)18-12-30-26(33-21(18)11-16)32-17-5-7-37-8-6-17/h3-4,9-13,17,24H,5-8H2,1-2H3,(H,29,31)(H,34,35)(H,30,32,33). The van der Waals surface area contributed by atoms with Crippen LogP contribution in [0.3, 0.4) is 0 Å². The fourth-order valence-corrected chi connectivity index (χ4v) is 4.31. The maximum Gasteiger partial charge on any atom is 0.252 e. The molecule has 1 amide bonds. The van der Waals surface area contributed by atoms with Gasteiger partial charge in [-0.1, -0.05) is 6.07 Å². The molecule has 0 bridgehead atoms. The van der Waals surface area contributed by atoms with Gasteiger partial charge in [-0.2, -0.15) is 0 Å². The van der Waals surface area contributed by atoms with Gasteiger partial charge in [-0.15, -0.1) is 0 Å². The minimum absolute atomic E-state index is 0.0620. The molecule has 1 atom stereocenters. The number of methoxy groups -OCH3 is 1. The van der Waals surface area contributed by atoms with Gasteiger partial charge in [-0.25, -0.2) is 23.7 Å². The lowest BCUT2D eigenvalue weighted by molar-refractivity contribution is 0.0903. The average molecular weight is 509 g/mol. The van der Waals surface area contributed by atoms with Gasteiger partial charge in [0.15, 0.2) is 11.6 Å². The number of hydrogen-bond acceptors (Lipinski definition) is 7. The number of nitrogens with zero attached hydrogens (tertiary/aromatic N) is 3. The van der Waals surface area contributed by atoms with Crippen molar-refractivity contribution in [2.75, 3.05) is 25.6 Å². The van der Waals surface area contributed by atoms with Crippen LogP contribution in [-0.4, -0.2) is 52.2 Å². The Labute approximate surface area is 211 Å². The minimum Gasteiger partial charge on any atom is -0.494 e. The average Bonchev–Trinajstić information content (AvgIpc) is 3.33. The van der Waals surface area contributed by atoms with E-state index in [1.165, 1.54) is 31.5 Å². The number of ether oxygens (including phenoxy) is 2. The molecule has 37 heavy (non-hydrogen) atoms. The number of amides is 1. The van der Waals surface area contributed by atoms with Crippen LogP contribution in [0.2, 0.25) is 0 Å². The SMILES string of the molecule is COc1ccc(C(NC(=O)c2cc(F)c3cnc(NC4CCOCC4)nc3c2)c2c[nH]c(C)n2)cc1F. The van der Waals surface area contributed by atoms with Crippen LogP contribution in [0.5, 0.6) is 5.75 Å². The summed E-state index contributed by atoms with van der Waals surface area (Å²) in [7, 11) is 1.37. The third-order valence-corrected chi connectivity index (χ3v) is 6.27. The predicted molar refractivity (Wildman–Crippen MR) is 133 cm³/mol. The van der Waals surface area contributed by atoms with Crippen molar-refractivity contribution in [2.45, 2.75) is 31.8 Å². The summed E-state index contributed by atoms with van der Waals surface area (Å²) in [5.41, 5.74) is 1.27. The number of benzene rings is 2. The van der Waals surface area contributed by atoms with E-state index < -0.39 is 23.6 Å². The maximum absolute atomic E-state index is 14.9. The summed E-state index contributed by atoms with van der Waals surface area (Å²) in [4.78, 5) is 29.3. The first-order valence-corrected chi connectivity index (χ1v) is 11.9. The molecule has 0 saturated carbocycles. The zero-order chi connectivity index (χ0) is 25.9. The lowest BCUT2D eigenvalue weighted by atomic mass is 10.0. The molecule has 0 aliphatic carbocycles. The second kappa shape index (κ2) is 10.5. The molecular weight excluding hydrogens is 482 g/mol. The van der Waals surface area contributed by atoms with Gasteiger partial charge < -0.3 is 25.1 Å². The van der Waals surface area contributed by atoms with E-state index >= 15 is 0 Å². The number of carbonyl (C=O) groups is 1. The number of rotatable bonds is 7. The molecule has 2 aromatic heterocycles. The molecule has 0 radical (unpaired) electrons. The number of anilines is 1. The van der Waals surface area contributed by atoms with Crippen molar-refractivity contribution in [3.05, 3.63) is 77.0 Å². The Hall–Kier alpha value is -4.12. The van der Waals surface area contributed by atoms with Crippen LogP contribution in [0, 0.1) is 18.6 Å². The lowest BCUT2D eigenvalue weighted by Gasteiger charge is -2.23. The predicted octanol–water partition coefficient (Wildman–Crippen LogP) is 4.06. The Morgan fingerprint density at radius 3 is 2.68 bits per heavy atom. The number of fused-ring (bicyclic) bond motifs is 1. The summed E-state index contributed by atoms with van der Waals surface area (Å²) in [5, 5.41) is 6.30. The van der Waals surface area contributed by atoms with Crippen LogP contribution in [-0.2, 0) is 4.74 Å². The van der Waals surface area contributed by atoms with E-state index in [1.54, 1.807) is 19.2 Å². The van der Waals surface area contributed by atoms with Crippen molar-refractivity contribution < 1.29 is 23.0 Å². The highest BCUT2D eigenvalue weighted by Crippen LogP contribution is 2.27. The Bertz CT molecular complexity index is 1440. The van der Waals surface area contributed by atoms with E-state index in [1.807, 2.05) is 0 Å². The first-order valence-electron chi connectivity index (χ1n) is 11.9. The topological polar surface area (TPSA) is 114 Å². The number of aromatic amines is 1. The molecule has 9 nitrogen and oxygen atoms in total. The minimum atomic E-state index is -0.798. The summed E-state index contributed by atoms with van der Waals surface area (Å²) in [6, 6.07) is 6.39. The normalized spacial score (nSPS) is 14.9. The van der Waals surface area contributed by atoms with Crippen LogP contribution in [0.4, 0.5) is 14.7 Å². The summed E-state index contributed by atoms with van der Waals surface area (Å²) in [6.45, 7) is 3.07. The Balaban J connectivity index is 1.44. The van der Waals surface area contributed by atoms with Crippen LogP contribution in [0.15, 0.2) is 42.7 Å². The number of halogens is 2. The second-order valence-electron chi connectivity index (χ2n) is 8.83. The summed E-state index contributed by atoms with van der Waals surface area (Å²) in [5.74, 6) is -0.711. The molecule has 1 unspecified atom stereocenters. The molecule has 192 valence electrons. The van der Waals surface area contributed by atoms with E-state index in [2.05, 4.69) is 30.6 Å². The highest BCUT2D eigenvalue weighted by molar-refractivity contribution is 5.98. The van der Waals surface area contributed by atoms with Crippen LogP contribution < -0.4 is 15.4 Å². The summed E-state index contributed by atoms with van der Waals surface area (Å²) < 4.78 is 39.8.